The van der Waals surface area contributed by atoms with E-state index in [0.29, 0.717) is 21.9 Å². The maximum absolute atomic E-state index is 11.9. The first kappa shape index (κ1) is 12.7. The molecule has 18 heavy (non-hydrogen) atoms. The van der Waals surface area contributed by atoms with Gasteiger partial charge < -0.3 is 9.61 Å². The zero-order valence-electron chi connectivity index (χ0n) is 9.13. The molecule has 1 amide bonds. The van der Waals surface area contributed by atoms with E-state index in [2.05, 4.69) is 27.2 Å². The summed E-state index contributed by atoms with van der Waals surface area (Å²) < 4.78 is 4.59. The van der Waals surface area contributed by atoms with Gasteiger partial charge in [0.1, 0.15) is 11.9 Å². The van der Waals surface area contributed by atoms with Gasteiger partial charge in [0.2, 0.25) is 0 Å². The molecule has 2 aromatic rings. The molecule has 0 saturated heterocycles. The monoisotopic (exact) mass is 280 g/mol. The number of hydrogen-bond donors (Lipinski definition) is 2. The predicted molar refractivity (Wildman–Crippen MR) is 72.4 cm³/mol. The summed E-state index contributed by atoms with van der Waals surface area (Å²) in [4.78, 5) is 16.4. The van der Waals surface area contributed by atoms with Crippen LogP contribution in [0.3, 0.4) is 0 Å². The van der Waals surface area contributed by atoms with Crippen LogP contribution in [0.15, 0.2) is 47.6 Å². The van der Waals surface area contributed by atoms with Crippen molar-refractivity contribution in [2.45, 2.75) is 4.90 Å². The van der Waals surface area contributed by atoms with Crippen LogP contribution in [0.1, 0.15) is 10.4 Å². The lowest BCUT2D eigenvalue weighted by molar-refractivity contribution is 0.102. The molecular weight excluding hydrogens is 272 g/mol. The Hall–Kier alpha value is -1.72. The second kappa shape index (κ2) is 5.75. The number of carbonyl (C=O) groups excluding carboxylic acids is 1. The van der Waals surface area contributed by atoms with E-state index in [1.54, 1.807) is 36.7 Å². The van der Waals surface area contributed by atoms with Gasteiger partial charge in [0.25, 0.3) is 5.91 Å². The first-order chi connectivity index (χ1) is 8.70. The molecule has 6 heteroatoms. The molecule has 0 saturated carbocycles. The Labute approximate surface area is 115 Å². The third-order valence-electron chi connectivity index (χ3n) is 2.22. The Morgan fingerprint density at radius 2 is 2.22 bits per heavy atom. The summed E-state index contributed by atoms with van der Waals surface area (Å²) >= 11 is 9.42. The van der Waals surface area contributed by atoms with Crippen molar-refractivity contribution in [1.29, 1.82) is 0 Å². The highest BCUT2D eigenvalue weighted by atomic mass is 35.5. The number of amides is 1. The summed E-state index contributed by atoms with van der Waals surface area (Å²) in [7, 11) is 0. The van der Waals surface area contributed by atoms with Crippen LogP contribution in [-0.4, -0.2) is 10.9 Å². The maximum atomic E-state index is 11.9. The molecule has 2 rings (SSSR count). The number of benzene rings is 1. The van der Waals surface area contributed by atoms with Crippen LogP contribution in [0.5, 0.6) is 5.75 Å². The van der Waals surface area contributed by atoms with E-state index in [9.17, 15) is 4.79 Å². The molecule has 92 valence electrons. The second-order valence-corrected chi connectivity index (χ2v) is 4.09. The summed E-state index contributed by atoms with van der Waals surface area (Å²) in [5.74, 6) is 0.0603. The first-order valence-corrected chi connectivity index (χ1v) is 5.79. The van der Waals surface area contributed by atoms with Gasteiger partial charge in [0.05, 0.1) is 11.9 Å². The van der Waals surface area contributed by atoms with E-state index in [1.165, 1.54) is 6.07 Å². The molecule has 0 fully saturated rings. The number of nitrogens with zero attached hydrogens (tertiary/aromatic N) is 1. The van der Waals surface area contributed by atoms with Gasteiger partial charge in [-0.3, -0.25) is 9.78 Å². The lowest BCUT2D eigenvalue weighted by atomic mass is 10.2. The summed E-state index contributed by atoms with van der Waals surface area (Å²) in [5.41, 5.74) is 1.04. The zero-order chi connectivity index (χ0) is 13.0. The number of halogens is 1. The Morgan fingerprint density at radius 3 is 2.89 bits per heavy atom. The minimum atomic E-state index is -0.272. The van der Waals surface area contributed by atoms with E-state index in [0.717, 1.165) is 0 Å². The van der Waals surface area contributed by atoms with Crippen LogP contribution < -0.4 is 9.61 Å². The molecule has 0 radical (unpaired) electrons. The van der Waals surface area contributed by atoms with Crippen molar-refractivity contribution in [3.8, 4) is 5.75 Å². The number of pyridine rings is 1. The van der Waals surface area contributed by atoms with Crippen LogP contribution in [0.4, 0.5) is 5.69 Å². The largest absolute Gasteiger partial charge is 0.384 e. The minimum absolute atomic E-state index is 0.272. The number of rotatable bonds is 3. The molecule has 0 aliphatic carbocycles. The van der Waals surface area contributed by atoms with E-state index >= 15 is 0 Å². The van der Waals surface area contributed by atoms with Crippen molar-refractivity contribution >= 4 is 36.1 Å². The molecule has 4 nitrogen and oxygen atoms in total. The zero-order valence-corrected chi connectivity index (χ0v) is 10.8. The van der Waals surface area contributed by atoms with Gasteiger partial charge in [0, 0.05) is 16.7 Å². The summed E-state index contributed by atoms with van der Waals surface area (Å²) in [6.07, 6.45) is 3.19. The number of anilines is 1. The lowest BCUT2D eigenvalue weighted by Crippen LogP contribution is -2.11. The molecule has 1 aromatic heterocycles. The lowest BCUT2D eigenvalue weighted by Gasteiger charge is -2.06. The van der Waals surface area contributed by atoms with Crippen LogP contribution >= 0.6 is 24.5 Å². The summed E-state index contributed by atoms with van der Waals surface area (Å²) in [6.45, 7) is 0. The molecule has 0 aliphatic heterocycles. The maximum Gasteiger partial charge on any atom is 0.255 e. The van der Waals surface area contributed by atoms with Gasteiger partial charge in [-0.05, 0) is 30.3 Å². The van der Waals surface area contributed by atoms with Crippen LogP contribution in [0, 0.1) is 0 Å². The summed E-state index contributed by atoms with van der Waals surface area (Å²) in [6, 6.07) is 8.27. The highest BCUT2D eigenvalue weighted by Gasteiger charge is 2.09. The number of nitrogens with one attached hydrogen (secondary N) is 1. The highest BCUT2D eigenvalue weighted by Crippen LogP contribution is 2.25. The van der Waals surface area contributed by atoms with Crippen molar-refractivity contribution in [1.82, 2.24) is 4.98 Å². The van der Waals surface area contributed by atoms with Crippen molar-refractivity contribution in [3.05, 3.63) is 48.3 Å². The van der Waals surface area contributed by atoms with Crippen molar-refractivity contribution in [2.75, 3.05) is 5.32 Å². The van der Waals surface area contributed by atoms with Gasteiger partial charge in [-0.15, -0.1) is 12.6 Å². The number of carbonyl (C=O) groups is 1. The van der Waals surface area contributed by atoms with E-state index < -0.39 is 0 Å². The van der Waals surface area contributed by atoms with Gasteiger partial charge in [0.15, 0.2) is 5.75 Å². The Bertz CT molecular complexity index is 563. The second-order valence-electron chi connectivity index (χ2n) is 3.46. The fourth-order valence-electron chi connectivity index (χ4n) is 1.36. The quantitative estimate of drug-likeness (QED) is 0.849. The van der Waals surface area contributed by atoms with Crippen molar-refractivity contribution in [2.24, 2.45) is 0 Å². The topological polar surface area (TPSA) is 51.2 Å². The molecule has 1 heterocycles. The Kier molecular flexibility index (Phi) is 4.07. The van der Waals surface area contributed by atoms with Gasteiger partial charge >= 0.3 is 0 Å². The van der Waals surface area contributed by atoms with Crippen LogP contribution in [0.25, 0.3) is 0 Å². The fraction of sp³-hybridized carbons (Fsp3) is 0. The van der Waals surface area contributed by atoms with Crippen LogP contribution in [0.2, 0.25) is 0 Å². The third-order valence-corrected chi connectivity index (χ3v) is 2.76. The molecule has 0 unspecified atom stereocenters. The van der Waals surface area contributed by atoms with E-state index in [1.807, 2.05) is 0 Å². The molecule has 1 aromatic carbocycles. The molecular formula is C12H9ClN2O2S. The van der Waals surface area contributed by atoms with Gasteiger partial charge in [-0.1, -0.05) is 0 Å². The van der Waals surface area contributed by atoms with Crippen molar-refractivity contribution < 1.29 is 9.08 Å². The Morgan fingerprint density at radius 1 is 1.39 bits per heavy atom. The summed E-state index contributed by atoms with van der Waals surface area (Å²) in [5, 5.41) is 2.70. The smallest absolute Gasteiger partial charge is 0.255 e. The van der Waals surface area contributed by atoms with E-state index in [4.69, 9.17) is 11.9 Å². The normalized spacial score (nSPS) is 9.89. The molecule has 0 bridgehead atoms. The number of thiol groups is 1. The standard InChI is InChI=1S/C12H9ClN2O2S/c13-17-10-6-8(3-4-11(10)18)12(16)15-9-2-1-5-14-7-9/h1-7,18H,(H,15,16). The minimum Gasteiger partial charge on any atom is -0.384 e. The Balaban J connectivity index is 2.19. The first-order valence-electron chi connectivity index (χ1n) is 5.03. The van der Waals surface area contributed by atoms with Gasteiger partial charge in [-0.25, -0.2) is 0 Å². The van der Waals surface area contributed by atoms with Gasteiger partial charge in [-0.2, -0.15) is 0 Å². The highest BCUT2D eigenvalue weighted by molar-refractivity contribution is 7.80. The SMILES string of the molecule is O=C(Nc1cccnc1)c1ccc(S)c(OCl)c1. The predicted octanol–water partition coefficient (Wildman–Crippen LogP) is 3.16. The third kappa shape index (κ3) is 2.94. The molecule has 0 aliphatic rings. The fourth-order valence-corrected chi connectivity index (χ4v) is 1.72. The molecule has 1 N–H and O–H groups in total. The van der Waals surface area contributed by atoms with Crippen LogP contribution in [-0.2, 0) is 0 Å². The molecule has 0 spiro atoms. The average Bonchev–Trinajstić information content (AvgIpc) is 2.40. The molecule has 0 atom stereocenters. The average molecular weight is 281 g/mol. The van der Waals surface area contributed by atoms with E-state index in [-0.39, 0.29) is 5.91 Å². The van der Waals surface area contributed by atoms with Crippen molar-refractivity contribution in [3.63, 3.8) is 0 Å². The number of aromatic nitrogens is 1. The number of hydrogen-bond acceptors (Lipinski definition) is 4.